The average Bonchev–Trinajstić information content (AvgIpc) is 3.13. The van der Waals surface area contributed by atoms with Crippen molar-refractivity contribution in [2.45, 2.75) is 31.8 Å². The van der Waals surface area contributed by atoms with E-state index < -0.39 is 0 Å². The van der Waals surface area contributed by atoms with Gasteiger partial charge in [-0.3, -0.25) is 4.90 Å². The van der Waals surface area contributed by atoms with Crippen LogP contribution in [0.5, 0.6) is 17.2 Å². The summed E-state index contributed by atoms with van der Waals surface area (Å²) in [7, 11) is 3.32. The predicted molar refractivity (Wildman–Crippen MR) is 111 cm³/mol. The van der Waals surface area contributed by atoms with Crippen LogP contribution in [0.3, 0.4) is 0 Å². The van der Waals surface area contributed by atoms with Gasteiger partial charge in [-0.2, -0.15) is 0 Å². The fraction of sp³-hybridized carbons (Fsp3) is 0.364. The van der Waals surface area contributed by atoms with E-state index in [1.54, 1.807) is 20.3 Å². The molecule has 1 atom stereocenters. The van der Waals surface area contributed by atoms with E-state index in [-0.39, 0.29) is 12.4 Å². The van der Waals surface area contributed by atoms with Crippen molar-refractivity contribution in [2.75, 3.05) is 20.8 Å². The minimum Gasteiger partial charge on any atom is -0.507 e. The largest absolute Gasteiger partial charge is 0.507 e. The van der Waals surface area contributed by atoms with Crippen LogP contribution in [0.25, 0.3) is 21.5 Å². The second-order valence-electron chi connectivity index (χ2n) is 7.38. The van der Waals surface area contributed by atoms with Gasteiger partial charge in [-0.15, -0.1) is 12.4 Å². The van der Waals surface area contributed by atoms with Gasteiger partial charge < -0.3 is 14.6 Å². The summed E-state index contributed by atoms with van der Waals surface area (Å²) in [4.78, 5) is 2.60. The Morgan fingerprint density at radius 2 is 1.74 bits per heavy atom. The molecule has 1 N–H and O–H groups in total. The minimum absolute atomic E-state index is 0. The van der Waals surface area contributed by atoms with Gasteiger partial charge in [0.1, 0.15) is 5.75 Å². The van der Waals surface area contributed by atoms with E-state index in [0.29, 0.717) is 17.5 Å². The first-order valence-electron chi connectivity index (χ1n) is 9.26. The molecule has 0 aromatic heterocycles. The van der Waals surface area contributed by atoms with Crippen molar-refractivity contribution in [3.63, 3.8) is 0 Å². The monoisotopic (exact) mass is 385 g/mol. The fourth-order valence-corrected chi connectivity index (χ4v) is 4.92. The summed E-state index contributed by atoms with van der Waals surface area (Å²) < 4.78 is 11.1. The number of fused-ring (bicyclic) bond motifs is 7. The number of phenols is 1. The molecule has 2 aliphatic heterocycles. The van der Waals surface area contributed by atoms with Gasteiger partial charge in [-0.1, -0.05) is 12.1 Å². The first-order chi connectivity index (χ1) is 12.7. The Hall–Kier alpha value is -2.17. The molecule has 2 aliphatic rings. The molecule has 0 bridgehead atoms. The van der Waals surface area contributed by atoms with Gasteiger partial charge in [0.15, 0.2) is 11.5 Å². The van der Waals surface area contributed by atoms with Crippen LogP contribution in [0, 0.1) is 0 Å². The highest BCUT2D eigenvalue weighted by Gasteiger charge is 2.32. The van der Waals surface area contributed by atoms with Crippen LogP contribution in [0.1, 0.15) is 24.0 Å². The third-order valence-electron chi connectivity index (χ3n) is 6.15. The van der Waals surface area contributed by atoms with Gasteiger partial charge in [0.05, 0.1) is 14.2 Å². The summed E-state index contributed by atoms with van der Waals surface area (Å²) in [6.07, 6.45) is 3.60. The van der Waals surface area contributed by atoms with Gasteiger partial charge in [0, 0.05) is 18.0 Å². The highest BCUT2D eigenvalue weighted by atomic mass is 35.5. The zero-order valence-electron chi connectivity index (χ0n) is 15.6. The average molecular weight is 386 g/mol. The maximum atomic E-state index is 10.7. The highest BCUT2D eigenvalue weighted by Crippen LogP contribution is 2.45. The lowest BCUT2D eigenvalue weighted by Crippen LogP contribution is -2.35. The lowest BCUT2D eigenvalue weighted by molar-refractivity contribution is 0.229. The van der Waals surface area contributed by atoms with Crippen LogP contribution in [0.4, 0.5) is 0 Å². The number of aromatic hydroxyl groups is 1. The number of hydrogen-bond acceptors (Lipinski definition) is 4. The Balaban J connectivity index is 0.00000180. The molecule has 0 unspecified atom stereocenters. The van der Waals surface area contributed by atoms with Crippen molar-refractivity contribution in [1.82, 2.24) is 4.90 Å². The summed E-state index contributed by atoms with van der Waals surface area (Å²) in [6, 6.07) is 10.6. The maximum Gasteiger partial charge on any atom is 0.161 e. The van der Waals surface area contributed by atoms with Crippen LogP contribution in [0.15, 0.2) is 30.3 Å². The molecule has 4 nitrogen and oxygen atoms in total. The van der Waals surface area contributed by atoms with E-state index in [1.165, 1.54) is 35.9 Å². The molecular formula is C22H24ClNO3. The van der Waals surface area contributed by atoms with Gasteiger partial charge in [0.2, 0.25) is 0 Å². The number of ether oxygens (including phenoxy) is 2. The lowest BCUT2D eigenvalue weighted by atomic mass is 9.85. The smallest absolute Gasteiger partial charge is 0.161 e. The van der Waals surface area contributed by atoms with E-state index in [4.69, 9.17) is 9.47 Å². The molecule has 0 spiro atoms. The number of methoxy groups -OCH3 is 2. The number of phenolic OH excluding ortho intramolecular Hbond substituents is 1. The van der Waals surface area contributed by atoms with Gasteiger partial charge in [0.25, 0.3) is 0 Å². The molecule has 27 heavy (non-hydrogen) atoms. The van der Waals surface area contributed by atoms with Crippen molar-refractivity contribution >= 4 is 34.0 Å². The third-order valence-corrected chi connectivity index (χ3v) is 6.15. The van der Waals surface area contributed by atoms with Gasteiger partial charge >= 0.3 is 0 Å². The number of halogens is 1. The van der Waals surface area contributed by atoms with E-state index in [0.717, 1.165) is 34.9 Å². The first-order valence-corrected chi connectivity index (χ1v) is 9.26. The van der Waals surface area contributed by atoms with E-state index in [2.05, 4.69) is 17.0 Å². The fourth-order valence-electron chi connectivity index (χ4n) is 4.92. The van der Waals surface area contributed by atoms with Crippen molar-refractivity contribution in [2.24, 2.45) is 0 Å². The van der Waals surface area contributed by atoms with Crippen LogP contribution in [-0.4, -0.2) is 36.8 Å². The van der Waals surface area contributed by atoms with Gasteiger partial charge in [-0.05, 0) is 71.3 Å². The third kappa shape index (κ3) is 2.62. The topological polar surface area (TPSA) is 41.9 Å². The zero-order valence-corrected chi connectivity index (χ0v) is 16.4. The molecule has 1 saturated heterocycles. The van der Waals surface area contributed by atoms with E-state index >= 15 is 0 Å². The van der Waals surface area contributed by atoms with E-state index in [1.807, 2.05) is 12.1 Å². The quantitative estimate of drug-likeness (QED) is 0.651. The van der Waals surface area contributed by atoms with Crippen LogP contribution in [0.2, 0.25) is 0 Å². The molecule has 0 saturated carbocycles. The van der Waals surface area contributed by atoms with Crippen molar-refractivity contribution in [1.29, 1.82) is 0 Å². The summed E-state index contributed by atoms with van der Waals surface area (Å²) in [6.45, 7) is 2.15. The standard InChI is InChI=1S/C22H23NO3.ClH/c1-25-20-10-16-17(11-21(20)26-2)22-14(6-3-7-19(22)24)15-9-13-5-4-8-23(13)12-18(15)16;/h3,6-7,10-11,13,24H,4-5,8-9,12H2,1-2H3;1H/t13-;/m0./s1. The second-order valence-corrected chi connectivity index (χ2v) is 7.38. The van der Waals surface area contributed by atoms with E-state index in [9.17, 15) is 5.11 Å². The molecule has 3 aromatic rings. The summed E-state index contributed by atoms with van der Waals surface area (Å²) in [5.74, 6) is 1.76. The second kappa shape index (κ2) is 6.77. The zero-order chi connectivity index (χ0) is 17.8. The number of rotatable bonds is 2. The summed E-state index contributed by atoms with van der Waals surface area (Å²) in [5.41, 5.74) is 2.76. The molecule has 2 heterocycles. The summed E-state index contributed by atoms with van der Waals surface area (Å²) >= 11 is 0. The molecule has 0 radical (unpaired) electrons. The van der Waals surface area contributed by atoms with Gasteiger partial charge in [-0.25, -0.2) is 0 Å². The van der Waals surface area contributed by atoms with Crippen molar-refractivity contribution in [3.05, 3.63) is 41.5 Å². The molecule has 5 rings (SSSR count). The Bertz CT molecular complexity index is 1030. The minimum atomic E-state index is 0. The van der Waals surface area contributed by atoms with Crippen molar-refractivity contribution in [3.8, 4) is 17.2 Å². The predicted octanol–water partition coefficient (Wildman–Crippen LogP) is 4.66. The Morgan fingerprint density at radius 3 is 2.48 bits per heavy atom. The first kappa shape index (κ1) is 18.2. The molecule has 3 aromatic carbocycles. The van der Waals surface area contributed by atoms with Crippen LogP contribution >= 0.6 is 12.4 Å². The van der Waals surface area contributed by atoms with Crippen molar-refractivity contribution < 1.29 is 14.6 Å². The molecule has 1 fully saturated rings. The Kier molecular flexibility index (Phi) is 4.57. The summed E-state index contributed by atoms with van der Waals surface area (Å²) in [5, 5.41) is 15.0. The normalized spacial score (nSPS) is 18.8. The number of benzene rings is 3. The maximum absolute atomic E-state index is 10.7. The Labute approximate surface area is 165 Å². The molecule has 5 heteroatoms. The van der Waals surface area contributed by atoms with Crippen LogP contribution in [-0.2, 0) is 13.0 Å². The lowest BCUT2D eigenvalue weighted by Gasteiger charge is -2.33. The molecule has 142 valence electrons. The highest BCUT2D eigenvalue weighted by molar-refractivity contribution is 6.14. The SMILES string of the molecule is COc1cc2c3c(c4cccc(O)c4c2cc1OC)C[C@@H]1CCCN1C3.Cl. The number of nitrogens with zero attached hydrogens (tertiary/aromatic N) is 1. The number of hydrogen-bond donors (Lipinski definition) is 1. The molecular weight excluding hydrogens is 362 g/mol. The molecule has 0 aliphatic carbocycles. The Morgan fingerprint density at radius 1 is 1.00 bits per heavy atom. The molecule has 0 amide bonds. The van der Waals surface area contributed by atoms with Crippen LogP contribution < -0.4 is 9.47 Å².